The van der Waals surface area contributed by atoms with Crippen molar-refractivity contribution in [1.29, 1.82) is 0 Å². The Kier molecular flexibility index (Phi) is 2.72. The van der Waals surface area contributed by atoms with Crippen molar-refractivity contribution in [2.45, 2.75) is 6.42 Å². The summed E-state index contributed by atoms with van der Waals surface area (Å²) in [4.78, 5) is 18.0. The van der Waals surface area contributed by atoms with Gasteiger partial charge in [-0.3, -0.25) is 9.69 Å². The van der Waals surface area contributed by atoms with Crippen LogP contribution < -0.4 is 10.6 Å². The van der Waals surface area contributed by atoms with Crippen molar-refractivity contribution >= 4 is 22.5 Å². The van der Waals surface area contributed by atoms with E-state index < -0.39 is 0 Å². The lowest BCUT2D eigenvalue weighted by Gasteiger charge is -2.15. The first-order valence-corrected chi connectivity index (χ1v) is 6.13. The van der Waals surface area contributed by atoms with E-state index in [-0.39, 0.29) is 11.8 Å². The molecule has 2 N–H and O–H groups in total. The van der Waals surface area contributed by atoms with Crippen molar-refractivity contribution < 1.29 is 4.79 Å². The molecular weight excluding hydrogens is 226 g/mol. The predicted octanol–water partition coefficient (Wildman–Crippen LogP) is 1.55. The highest BCUT2D eigenvalue weighted by Crippen LogP contribution is 2.25. The van der Waals surface area contributed by atoms with E-state index in [1.807, 2.05) is 36.5 Å². The summed E-state index contributed by atoms with van der Waals surface area (Å²) in [5.74, 6) is 1.11. The summed E-state index contributed by atoms with van der Waals surface area (Å²) in [5.41, 5.74) is 5.63. The molecule has 2 heterocycles. The zero-order valence-electron chi connectivity index (χ0n) is 10.0. The van der Waals surface area contributed by atoms with Gasteiger partial charge in [0.2, 0.25) is 5.91 Å². The first-order valence-electron chi connectivity index (χ1n) is 6.13. The lowest BCUT2D eigenvalue weighted by molar-refractivity contribution is -0.117. The maximum Gasteiger partial charge on any atom is 0.228 e. The fourth-order valence-electron chi connectivity index (χ4n) is 2.38. The molecule has 1 aromatic carbocycles. The Bertz CT molecular complexity index is 596. The van der Waals surface area contributed by atoms with Gasteiger partial charge in [-0.15, -0.1) is 0 Å². The third-order valence-electron chi connectivity index (χ3n) is 3.43. The van der Waals surface area contributed by atoms with Gasteiger partial charge in [-0.25, -0.2) is 4.98 Å². The number of pyridine rings is 1. The van der Waals surface area contributed by atoms with Gasteiger partial charge in [0.1, 0.15) is 5.82 Å². The molecule has 0 bridgehead atoms. The number of carbonyl (C=O) groups is 1. The molecule has 1 aromatic heterocycles. The molecule has 92 valence electrons. The zero-order chi connectivity index (χ0) is 12.5. The van der Waals surface area contributed by atoms with E-state index in [2.05, 4.69) is 4.98 Å². The summed E-state index contributed by atoms with van der Waals surface area (Å²) < 4.78 is 0. The SMILES string of the molecule is NCC1CC(=O)N(c2cc3ccccc3cn2)C1. The highest BCUT2D eigenvalue weighted by molar-refractivity contribution is 5.96. The minimum absolute atomic E-state index is 0.119. The molecule has 1 atom stereocenters. The predicted molar refractivity (Wildman–Crippen MR) is 71.3 cm³/mol. The number of nitrogens with two attached hydrogens (primary N) is 1. The highest BCUT2D eigenvalue weighted by Gasteiger charge is 2.30. The smallest absolute Gasteiger partial charge is 0.228 e. The van der Waals surface area contributed by atoms with E-state index in [9.17, 15) is 4.79 Å². The van der Waals surface area contributed by atoms with E-state index in [0.717, 1.165) is 16.6 Å². The summed E-state index contributed by atoms with van der Waals surface area (Å²) in [6.45, 7) is 1.23. The van der Waals surface area contributed by atoms with Gasteiger partial charge >= 0.3 is 0 Å². The van der Waals surface area contributed by atoms with E-state index in [1.54, 1.807) is 4.90 Å². The van der Waals surface area contributed by atoms with Gasteiger partial charge in [0, 0.05) is 24.5 Å². The van der Waals surface area contributed by atoms with Crippen LogP contribution in [-0.4, -0.2) is 24.0 Å². The van der Waals surface area contributed by atoms with Crippen LogP contribution in [0.25, 0.3) is 10.8 Å². The third-order valence-corrected chi connectivity index (χ3v) is 3.43. The van der Waals surface area contributed by atoms with Crippen LogP contribution in [0.4, 0.5) is 5.82 Å². The Labute approximate surface area is 105 Å². The number of hydrogen-bond acceptors (Lipinski definition) is 3. The molecule has 1 unspecified atom stereocenters. The van der Waals surface area contributed by atoms with Crippen LogP contribution in [0.15, 0.2) is 36.5 Å². The highest BCUT2D eigenvalue weighted by atomic mass is 16.2. The molecule has 0 radical (unpaired) electrons. The van der Waals surface area contributed by atoms with Crippen molar-refractivity contribution in [3.05, 3.63) is 36.5 Å². The molecule has 1 amide bonds. The number of fused-ring (bicyclic) bond motifs is 1. The van der Waals surface area contributed by atoms with Crippen molar-refractivity contribution in [2.75, 3.05) is 18.0 Å². The molecule has 3 rings (SSSR count). The molecule has 2 aromatic rings. The van der Waals surface area contributed by atoms with Gasteiger partial charge in [-0.2, -0.15) is 0 Å². The Balaban J connectivity index is 1.97. The number of anilines is 1. The van der Waals surface area contributed by atoms with Crippen molar-refractivity contribution in [2.24, 2.45) is 11.7 Å². The minimum Gasteiger partial charge on any atom is -0.330 e. The number of amides is 1. The number of rotatable bonds is 2. The molecule has 1 fully saturated rings. The fourth-order valence-corrected chi connectivity index (χ4v) is 2.38. The zero-order valence-corrected chi connectivity index (χ0v) is 10.0. The summed E-state index contributed by atoms with van der Waals surface area (Å²) in [5, 5.41) is 2.19. The van der Waals surface area contributed by atoms with Gasteiger partial charge in [0.05, 0.1) is 0 Å². The summed E-state index contributed by atoms with van der Waals surface area (Å²) in [6.07, 6.45) is 2.35. The first-order chi connectivity index (χ1) is 8.78. The molecule has 1 aliphatic rings. The summed E-state index contributed by atoms with van der Waals surface area (Å²) >= 11 is 0. The Hall–Kier alpha value is -1.94. The Morgan fingerprint density at radius 3 is 2.83 bits per heavy atom. The van der Waals surface area contributed by atoms with Gasteiger partial charge in [0.25, 0.3) is 0 Å². The largest absolute Gasteiger partial charge is 0.330 e. The first kappa shape index (κ1) is 11.2. The van der Waals surface area contributed by atoms with Crippen LogP contribution in [0.1, 0.15) is 6.42 Å². The van der Waals surface area contributed by atoms with Crippen LogP contribution in [0.3, 0.4) is 0 Å². The lowest BCUT2D eigenvalue weighted by Crippen LogP contribution is -2.26. The monoisotopic (exact) mass is 241 g/mol. The standard InChI is InChI=1S/C14H15N3O/c15-7-10-5-14(18)17(9-10)13-6-11-3-1-2-4-12(11)8-16-13/h1-4,6,8,10H,5,7,9,15H2. The average molecular weight is 241 g/mol. The molecule has 1 saturated heterocycles. The maximum atomic E-state index is 11.9. The number of benzene rings is 1. The van der Waals surface area contributed by atoms with E-state index in [0.29, 0.717) is 19.5 Å². The molecular formula is C14H15N3O. The topological polar surface area (TPSA) is 59.2 Å². The minimum atomic E-state index is 0.119. The van der Waals surface area contributed by atoms with Gasteiger partial charge in [0.15, 0.2) is 0 Å². The number of aromatic nitrogens is 1. The van der Waals surface area contributed by atoms with Gasteiger partial charge in [-0.05, 0) is 23.9 Å². The normalized spacial score (nSPS) is 19.7. The molecule has 0 spiro atoms. The van der Waals surface area contributed by atoms with Crippen LogP contribution in [0, 0.1) is 5.92 Å². The van der Waals surface area contributed by atoms with Crippen molar-refractivity contribution in [1.82, 2.24) is 4.98 Å². The van der Waals surface area contributed by atoms with Crippen LogP contribution in [0.2, 0.25) is 0 Å². The van der Waals surface area contributed by atoms with Crippen LogP contribution >= 0.6 is 0 Å². The Morgan fingerprint density at radius 1 is 1.33 bits per heavy atom. The molecule has 0 aliphatic carbocycles. The van der Waals surface area contributed by atoms with Crippen LogP contribution in [-0.2, 0) is 4.79 Å². The second-order valence-electron chi connectivity index (χ2n) is 4.70. The van der Waals surface area contributed by atoms with Crippen LogP contribution in [0.5, 0.6) is 0 Å². The van der Waals surface area contributed by atoms with E-state index >= 15 is 0 Å². The molecule has 4 nitrogen and oxygen atoms in total. The molecule has 1 aliphatic heterocycles. The lowest BCUT2D eigenvalue weighted by atomic mass is 10.1. The Morgan fingerprint density at radius 2 is 2.11 bits per heavy atom. The summed E-state index contributed by atoms with van der Waals surface area (Å²) in [6, 6.07) is 9.98. The van der Waals surface area contributed by atoms with Crippen molar-refractivity contribution in [3.63, 3.8) is 0 Å². The van der Waals surface area contributed by atoms with Gasteiger partial charge in [-0.1, -0.05) is 24.3 Å². The number of nitrogens with zero attached hydrogens (tertiary/aromatic N) is 2. The number of carbonyl (C=O) groups excluding carboxylic acids is 1. The van der Waals surface area contributed by atoms with Crippen molar-refractivity contribution in [3.8, 4) is 0 Å². The molecule has 4 heteroatoms. The molecule has 18 heavy (non-hydrogen) atoms. The quantitative estimate of drug-likeness (QED) is 0.867. The third kappa shape index (κ3) is 1.84. The summed E-state index contributed by atoms with van der Waals surface area (Å²) in [7, 11) is 0. The van der Waals surface area contributed by atoms with E-state index in [1.165, 1.54) is 0 Å². The fraction of sp³-hybridized carbons (Fsp3) is 0.286. The molecule has 0 saturated carbocycles. The van der Waals surface area contributed by atoms with E-state index in [4.69, 9.17) is 5.73 Å². The number of hydrogen-bond donors (Lipinski definition) is 1. The average Bonchev–Trinajstić information content (AvgIpc) is 2.79. The maximum absolute atomic E-state index is 11.9. The van der Waals surface area contributed by atoms with Gasteiger partial charge < -0.3 is 5.73 Å². The second kappa shape index (κ2) is 4.38. The second-order valence-corrected chi connectivity index (χ2v) is 4.70.